The molecule has 0 amide bonds. The Labute approximate surface area is 75.3 Å². The minimum atomic E-state index is -0.587. The van der Waals surface area contributed by atoms with E-state index in [-0.39, 0.29) is 12.1 Å². The van der Waals surface area contributed by atoms with Gasteiger partial charge >= 0.3 is 0 Å². The van der Waals surface area contributed by atoms with Crippen LogP contribution in [0.4, 0.5) is 8.78 Å². The quantitative estimate of drug-likeness (QED) is 0.780. The standard InChI is InChI=1S/C9H11F2NO/c1-13-9(5-12)7-4-6(10)2-3-8(7)11/h2-4,9H,5,12H2,1H3/t9-/m0/s1. The summed E-state index contributed by atoms with van der Waals surface area (Å²) in [6, 6.07) is 3.21. The van der Waals surface area contributed by atoms with E-state index in [9.17, 15) is 8.78 Å². The molecule has 0 saturated carbocycles. The molecule has 0 unspecified atom stereocenters. The number of halogens is 2. The van der Waals surface area contributed by atoms with Gasteiger partial charge in [0.2, 0.25) is 0 Å². The van der Waals surface area contributed by atoms with Crippen molar-refractivity contribution in [2.75, 3.05) is 13.7 Å². The first-order valence-corrected chi connectivity index (χ1v) is 3.87. The largest absolute Gasteiger partial charge is 0.375 e. The van der Waals surface area contributed by atoms with E-state index in [0.29, 0.717) is 0 Å². The molecule has 0 spiro atoms. The Bertz CT molecular complexity index is 287. The summed E-state index contributed by atoms with van der Waals surface area (Å²) in [5.41, 5.74) is 5.48. The van der Waals surface area contributed by atoms with Crippen molar-refractivity contribution in [3.63, 3.8) is 0 Å². The second-order valence-corrected chi connectivity index (χ2v) is 2.63. The smallest absolute Gasteiger partial charge is 0.129 e. The second-order valence-electron chi connectivity index (χ2n) is 2.63. The van der Waals surface area contributed by atoms with Crippen LogP contribution in [0.3, 0.4) is 0 Å². The van der Waals surface area contributed by atoms with E-state index < -0.39 is 17.7 Å². The first-order chi connectivity index (χ1) is 6.19. The maximum atomic E-state index is 13.1. The van der Waals surface area contributed by atoms with Gasteiger partial charge in [0.05, 0.1) is 6.10 Å². The van der Waals surface area contributed by atoms with Crippen LogP contribution in [-0.2, 0) is 4.74 Å². The Balaban J connectivity index is 3.03. The molecule has 1 aromatic rings. The van der Waals surface area contributed by atoms with Gasteiger partial charge in [0.1, 0.15) is 11.6 Å². The third kappa shape index (κ3) is 2.23. The normalized spacial score (nSPS) is 12.9. The topological polar surface area (TPSA) is 35.2 Å². The average molecular weight is 187 g/mol. The lowest BCUT2D eigenvalue weighted by Gasteiger charge is -2.13. The number of benzene rings is 1. The Morgan fingerprint density at radius 3 is 2.69 bits per heavy atom. The van der Waals surface area contributed by atoms with E-state index in [0.717, 1.165) is 18.2 Å². The van der Waals surface area contributed by atoms with Crippen LogP contribution in [0.15, 0.2) is 18.2 Å². The first kappa shape index (κ1) is 10.1. The third-order valence-corrected chi connectivity index (χ3v) is 1.80. The van der Waals surface area contributed by atoms with E-state index >= 15 is 0 Å². The lowest BCUT2D eigenvalue weighted by Crippen LogP contribution is -2.15. The molecule has 1 aromatic carbocycles. The summed E-state index contributed by atoms with van der Waals surface area (Å²) >= 11 is 0. The zero-order valence-corrected chi connectivity index (χ0v) is 7.26. The predicted octanol–water partition coefficient (Wildman–Crippen LogP) is 1.61. The van der Waals surface area contributed by atoms with Crippen molar-refractivity contribution < 1.29 is 13.5 Å². The van der Waals surface area contributed by atoms with Crippen LogP contribution in [0.2, 0.25) is 0 Å². The number of hydrogen-bond acceptors (Lipinski definition) is 2. The van der Waals surface area contributed by atoms with Crippen LogP contribution >= 0.6 is 0 Å². The van der Waals surface area contributed by atoms with Gasteiger partial charge in [0, 0.05) is 19.2 Å². The van der Waals surface area contributed by atoms with Crippen molar-refractivity contribution in [3.05, 3.63) is 35.4 Å². The van der Waals surface area contributed by atoms with E-state index in [1.54, 1.807) is 0 Å². The third-order valence-electron chi connectivity index (χ3n) is 1.80. The highest BCUT2D eigenvalue weighted by atomic mass is 19.1. The first-order valence-electron chi connectivity index (χ1n) is 3.87. The van der Waals surface area contributed by atoms with Gasteiger partial charge in [0.25, 0.3) is 0 Å². The molecule has 0 radical (unpaired) electrons. The Morgan fingerprint density at radius 1 is 1.46 bits per heavy atom. The molecular formula is C9H11F2NO. The van der Waals surface area contributed by atoms with Gasteiger partial charge in [-0.15, -0.1) is 0 Å². The molecule has 72 valence electrons. The fraction of sp³-hybridized carbons (Fsp3) is 0.333. The van der Waals surface area contributed by atoms with Crippen LogP contribution in [0, 0.1) is 11.6 Å². The molecule has 0 aliphatic rings. The Kier molecular flexibility index (Phi) is 3.33. The minimum absolute atomic E-state index is 0.122. The maximum absolute atomic E-state index is 13.1. The van der Waals surface area contributed by atoms with E-state index in [2.05, 4.69) is 0 Å². The lowest BCUT2D eigenvalue weighted by molar-refractivity contribution is 0.107. The number of ether oxygens (including phenoxy) is 1. The molecular weight excluding hydrogens is 176 g/mol. The SMILES string of the molecule is CO[C@@H](CN)c1cc(F)ccc1F. The van der Waals surface area contributed by atoms with E-state index in [1.807, 2.05) is 0 Å². The van der Waals surface area contributed by atoms with Crippen molar-refractivity contribution in [2.24, 2.45) is 5.73 Å². The zero-order chi connectivity index (χ0) is 9.84. The monoisotopic (exact) mass is 187 g/mol. The molecule has 13 heavy (non-hydrogen) atoms. The summed E-state index contributed by atoms with van der Waals surface area (Å²) in [6.45, 7) is 0.122. The number of rotatable bonds is 3. The molecule has 0 saturated heterocycles. The lowest BCUT2D eigenvalue weighted by atomic mass is 10.1. The Morgan fingerprint density at radius 2 is 2.15 bits per heavy atom. The number of nitrogens with two attached hydrogens (primary N) is 1. The fourth-order valence-corrected chi connectivity index (χ4v) is 1.11. The molecule has 0 bridgehead atoms. The molecule has 1 atom stereocenters. The van der Waals surface area contributed by atoms with Crippen LogP contribution < -0.4 is 5.73 Å². The van der Waals surface area contributed by atoms with Crippen LogP contribution in [0.1, 0.15) is 11.7 Å². The molecule has 0 fully saturated rings. The fourth-order valence-electron chi connectivity index (χ4n) is 1.11. The Hall–Kier alpha value is -1.00. The van der Waals surface area contributed by atoms with Crippen molar-refractivity contribution >= 4 is 0 Å². The molecule has 0 aliphatic heterocycles. The second kappa shape index (κ2) is 4.30. The summed E-state index contributed by atoms with van der Waals surface area (Å²) in [5.74, 6) is -0.995. The summed E-state index contributed by atoms with van der Waals surface area (Å²) in [5, 5.41) is 0. The van der Waals surface area contributed by atoms with E-state index in [1.165, 1.54) is 7.11 Å². The highest BCUT2D eigenvalue weighted by Crippen LogP contribution is 2.19. The van der Waals surface area contributed by atoms with E-state index in [4.69, 9.17) is 10.5 Å². The van der Waals surface area contributed by atoms with Crippen LogP contribution in [0.25, 0.3) is 0 Å². The van der Waals surface area contributed by atoms with Gasteiger partial charge in [-0.2, -0.15) is 0 Å². The van der Waals surface area contributed by atoms with Crippen molar-refractivity contribution in [3.8, 4) is 0 Å². The van der Waals surface area contributed by atoms with Gasteiger partial charge in [-0.1, -0.05) is 0 Å². The predicted molar refractivity (Wildman–Crippen MR) is 45.2 cm³/mol. The summed E-state index contributed by atoms with van der Waals surface area (Å²) in [6.07, 6.45) is -0.587. The van der Waals surface area contributed by atoms with Crippen molar-refractivity contribution in [1.29, 1.82) is 0 Å². The maximum Gasteiger partial charge on any atom is 0.129 e. The van der Waals surface area contributed by atoms with Crippen LogP contribution in [0.5, 0.6) is 0 Å². The molecule has 4 heteroatoms. The molecule has 2 nitrogen and oxygen atoms in total. The molecule has 1 rings (SSSR count). The van der Waals surface area contributed by atoms with Crippen molar-refractivity contribution in [1.82, 2.24) is 0 Å². The van der Waals surface area contributed by atoms with Gasteiger partial charge in [-0.25, -0.2) is 8.78 Å². The van der Waals surface area contributed by atoms with Crippen LogP contribution in [-0.4, -0.2) is 13.7 Å². The number of methoxy groups -OCH3 is 1. The minimum Gasteiger partial charge on any atom is -0.375 e. The average Bonchev–Trinajstić information content (AvgIpc) is 2.13. The molecule has 0 heterocycles. The summed E-state index contributed by atoms with van der Waals surface area (Å²) in [7, 11) is 1.40. The van der Waals surface area contributed by atoms with Crippen molar-refractivity contribution in [2.45, 2.75) is 6.10 Å². The summed E-state index contributed by atoms with van der Waals surface area (Å²) in [4.78, 5) is 0. The number of hydrogen-bond donors (Lipinski definition) is 1. The highest BCUT2D eigenvalue weighted by Gasteiger charge is 2.13. The van der Waals surface area contributed by atoms with Gasteiger partial charge in [0.15, 0.2) is 0 Å². The molecule has 0 aliphatic carbocycles. The van der Waals surface area contributed by atoms with Gasteiger partial charge < -0.3 is 10.5 Å². The van der Waals surface area contributed by atoms with Gasteiger partial charge in [-0.05, 0) is 18.2 Å². The van der Waals surface area contributed by atoms with Gasteiger partial charge in [-0.3, -0.25) is 0 Å². The molecule has 2 N–H and O–H groups in total. The summed E-state index contributed by atoms with van der Waals surface area (Å²) < 4.78 is 30.7. The zero-order valence-electron chi connectivity index (χ0n) is 7.26. The molecule has 0 aromatic heterocycles. The highest BCUT2D eigenvalue weighted by molar-refractivity contribution is 5.21.